The number of aromatic nitrogens is 1. The largest absolute Gasteiger partial charge is 0.395 e. The van der Waals surface area contributed by atoms with Gasteiger partial charge in [0.2, 0.25) is 0 Å². The van der Waals surface area contributed by atoms with Crippen molar-refractivity contribution in [3.63, 3.8) is 0 Å². The Morgan fingerprint density at radius 3 is 2.90 bits per heavy atom. The molecule has 1 aliphatic heterocycles. The number of amidine groups is 1. The highest BCUT2D eigenvalue weighted by Gasteiger charge is 2.23. The number of aliphatic imine (C=N–C) groups is 1. The number of hydrogen-bond acceptors (Lipinski definition) is 2. The number of piperidine rings is 1. The van der Waals surface area contributed by atoms with Crippen molar-refractivity contribution in [3.05, 3.63) is 21.9 Å². The molecule has 6 nitrogen and oxygen atoms in total. The van der Waals surface area contributed by atoms with Crippen molar-refractivity contribution in [3.8, 4) is 0 Å². The highest BCUT2D eigenvalue weighted by molar-refractivity contribution is 9.10. The van der Waals surface area contributed by atoms with Gasteiger partial charge in [-0.3, -0.25) is 5.41 Å². The van der Waals surface area contributed by atoms with Crippen molar-refractivity contribution in [1.29, 1.82) is 0 Å². The van der Waals surface area contributed by atoms with E-state index in [0.717, 1.165) is 42.6 Å². The first kappa shape index (κ1) is 15.2. The summed E-state index contributed by atoms with van der Waals surface area (Å²) in [6.45, 7) is 3.01. The van der Waals surface area contributed by atoms with Gasteiger partial charge in [0.25, 0.3) is 12.2 Å². The molecule has 0 saturated carbocycles. The maximum atomic E-state index is 8.96. The van der Waals surface area contributed by atoms with Gasteiger partial charge in [-0.1, -0.05) is 0 Å². The highest BCUT2D eigenvalue weighted by atomic mass is 79.9. The maximum absolute atomic E-state index is 8.96. The Morgan fingerprint density at radius 2 is 2.30 bits per heavy atom. The Bertz CT molecular complexity index is 491. The lowest BCUT2D eigenvalue weighted by atomic mass is 9.94. The number of nitrogens with one attached hydrogen (secondary N) is 1. The van der Waals surface area contributed by atoms with Gasteiger partial charge in [0.1, 0.15) is 5.69 Å². The van der Waals surface area contributed by atoms with Crippen LogP contribution in [0.4, 0.5) is 0 Å². The Labute approximate surface area is 126 Å². The maximum Gasteiger partial charge on any atom is 0.280 e. The zero-order chi connectivity index (χ0) is 14.5. The summed E-state index contributed by atoms with van der Waals surface area (Å²) in [6, 6.07) is 2.07. The molecule has 0 unspecified atom stereocenters. The van der Waals surface area contributed by atoms with Crippen molar-refractivity contribution in [2.75, 3.05) is 26.2 Å². The number of aliphatic hydroxyl groups excluding tert-OH is 1. The minimum atomic E-state index is 0.228. The fourth-order valence-corrected chi connectivity index (χ4v) is 3.16. The van der Waals surface area contributed by atoms with Gasteiger partial charge in [0, 0.05) is 22.6 Å². The SMILES string of the molecule is NC(=NC=[NH2+])c1[nH]c(C2CCN(CCO)CC2)cc1Br. The van der Waals surface area contributed by atoms with E-state index < -0.39 is 0 Å². The number of H-pyrrole nitrogens is 1. The Balaban J connectivity index is 2.06. The zero-order valence-corrected chi connectivity index (χ0v) is 12.9. The average molecular weight is 343 g/mol. The van der Waals surface area contributed by atoms with E-state index in [1.165, 1.54) is 12.0 Å². The molecule has 110 valence electrons. The first-order chi connectivity index (χ1) is 9.65. The number of nitrogens with zero attached hydrogens (tertiary/aromatic N) is 2. The van der Waals surface area contributed by atoms with Crippen LogP contribution >= 0.6 is 15.9 Å². The molecule has 20 heavy (non-hydrogen) atoms. The van der Waals surface area contributed by atoms with Crippen LogP contribution in [-0.4, -0.2) is 53.4 Å². The predicted octanol–water partition coefficient (Wildman–Crippen LogP) is -0.558. The smallest absolute Gasteiger partial charge is 0.280 e. The van der Waals surface area contributed by atoms with E-state index in [9.17, 15) is 0 Å². The third kappa shape index (κ3) is 3.47. The predicted molar refractivity (Wildman–Crippen MR) is 82.7 cm³/mol. The fraction of sp³-hybridized carbons (Fsp3) is 0.538. The van der Waals surface area contributed by atoms with Gasteiger partial charge in [0.05, 0.1) is 6.61 Å². The topological polar surface area (TPSA) is 103 Å². The molecule has 0 aliphatic carbocycles. The van der Waals surface area contributed by atoms with E-state index in [0.29, 0.717) is 11.8 Å². The van der Waals surface area contributed by atoms with Crippen molar-refractivity contribution < 1.29 is 10.5 Å². The average Bonchev–Trinajstić information content (AvgIpc) is 2.82. The van der Waals surface area contributed by atoms with Crippen LogP contribution in [0.3, 0.4) is 0 Å². The number of aromatic amines is 1. The van der Waals surface area contributed by atoms with Crippen molar-refractivity contribution in [2.45, 2.75) is 18.8 Å². The molecule has 0 radical (unpaired) electrons. The molecule has 7 heteroatoms. The minimum absolute atomic E-state index is 0.228. The quantitative estimate of drug-likeness (QED) is 0.426. The van der Waals surface area contributed by atoms with Crippen molar-refractivity contribution >= 4 is 28.1 Å². The van der Waals surface area contributed by atoms with Gasteiger partial charge in [-0.25, -0.2) is 0 Å². The molecule has 1 aromatic heterocycles. The summed E-state index contributed by atoms with van der Waals surface area (Å²) >= 11 is 3.50. The van der Waals surface area contributed by atoms with Gasteiger partial charge in [-0.15, -0.1) is 0 Å². The monoisotopic (exact) mass is 342 g/mol. The highest BCUT2D eigenvalue weighted by Crippen LogP contribution is 2.30. The number of β-amino-alcohol motifs (C(OH)–C–C–N with tert-alkyl or cyclic N) is 1. The lowest BCUT2D eigenvalue weighted by molar-refractivity contribution is -0.106. The third-order valence-electron chi connectivity index (χ3n) is 3.70. The first-order valence-electron chi connectivity index (χ1n) is 6.74. The van der Waals surface area contributed by atoms with Gasteiger partial charge >= 0.3 is 0 Å². The van der Waals surface area contributed by atoms with Gasteiger partial charge < -0.3 is 20.7 Å². The van der Waals surface area contributed by atoms with E-state index in [1.54, 1.807) is 0 Å². The first-order valence-corrected chi connectivity index (χ1v) is 7.53. The number of nitrogens with two attached hydrogens (primary N) is 2. The summed E-state index contributed by atoms with van der Waals surface area (Å²) in [5, 5.41) is 14.2. The molecular formula is C13H21BrN5O+. The van der Waals surface area contributed by atoms with E-state index in [1.807, 2.05) is 0 Å². The van der Waals surface area contributed by atoms with Crippen LogP contribution in [0.2, 0.25) is 0 Å². The second-order valence-corrected chi connectivity index (χ2v) is 5.80. The van der Waals surface area contributed by atoms with Crippen LogP contribution in [0, 0.1) is 0 Å². The summed E-state index contributed by atoms with van der Waals surface area (Å²) in [4.78, 5) is 9.52. The Morgan fingerprint density at radius 1 is 1.60 bits per heavy atom. The number of rotatable bonds is 5. The molecule has 1 saturated heterocycles. The van der Waals surface area contributed by atoms with Crippen LogP contribution in [-0.2, 0) is 0 Å². The molecule has 2 heterocycles. The normalized spacial score (nSPS) is 18.4. The van der Waals surface area contributed by atoms with Crippen LogP contribution in [0.15, 0.2) is 15.5 Å². The molecule has 6 N–H and O–H groups in total. The second kappa shape index (κ2) is 7.01. The summed E-state index contributed by atoms with van der Waals surface area (Å²) in [6.07, 6.45) is 3.34. The number of aliphatic hydroxyl groups is 1. The molecule has 0 atom stereocenters. The van der Waals surface area contributed by atoms with Gasteiger partial charge in [-0.05, 0) is 52.9 Å². The zero-order valence-electron chi connectivity index (χ0n) is 11.3. The number of halogens is 1. The fourth-order valence-electron chi connectivity index (χ4n) is 2.61. The number of likely N-dealkylation sites (tertiary alicyclic amines) is 1. The van der Waals surface area contributed by atoms with E-state index in [4.69, 9.17) is 16.2 Å². The van der Waals surface area contributed by atoms with Gasteiger partial charge in [0.15, 0.2) is 0 Å². The third-order valence-corrected chi connectivity index (χ3v) is 4.33. The molecule has 0 bridgehead atoms. The summed E-state index contributed by atoms with van der Waals surface area (Å²) in [5.74, 6) is 0.869. The molecule has 0 amide bonds. The Kier molecular flexibility index (Phi) is 5.33. The molecular weight excluding hydrogens is 322 g/mol. The lowest BCUT2D eigenvalue weighted by Gasteiger charge is -2.30. The van der Waals surface area contributed by atoms with Crippen LogP contribution in [0.1, 0.15) is 30.1 Å². The summed E-state index contributed by atoms with van der Waals surface area (Å²) in [7, 11) is 0. The van der Waals surface area contributed by atoms with Crippen molar-refractivity contribution in [2.24, 2.45) is 10.7 Å². The van der Waals surface area contributed by atoms with Gasteiger partial charge in [-0.2, -0.15) is 0 Å². The second-order valence-electron chi connectivity index (χ2n) is 4.95. The van der Waals surface area contributed by atoms with Crippen molar-refractivity contribution in [1.82, 2.24) is 9.88 Å². The van der Waals surface area contributed by atoms with Crippen LogP contribution in [0.5, 0.6) is 0 Å². The van der Waals surface area contributed by atoms with E-state index in [2.05, 4.69) is 36.9 Å². The molecule has 1 aliphatic rings. The molecule has 1 aromatic rings. The Hall–Kier alpha value is -1.18. The molecule has 0 spiro atoms. The lowest BCUT2D eigenvalue weighted by Crippen LogP contribution is -2.35. The molecule has 2 rings (SSSR count). The van der Waals surface area contributed by atoms with Crippen LogP contribution in [0.25, 0.3) is 0 Å². The summed E-state index contributed by atoms with van der Waals surface area (Å²) in [5.41, 5.74) is 7.80. The minimum Gasteiger partial charge on any atom is -0.395 e. The molecule has 1 fully saturated rings. The van der Waals surface area contributed by atoms with E-state index >= 15 is 0 Å². The molecule has 0 aromatic carbocycles. The number of hydrogen-bond donors (Lipinski definition) is 4. The van der Waals surface area contributed by atoms with Crippen LogP contribution < -0.4 is 11.1 Å². The summed E-state index contributed by atoms with van der Waals surface area (Å²) < 4.78 is 0.911. The van der Waals surface area contributed by atoms with E-state index in [-0.39, 0.29) is 6.61 Å². The standard InChI is InChI=1S/C13H20BrN5O/c14-10-7-11(18-12(10)13(16)17-8-15)9-1-3-19(4-2-9)5-6-20/h7-9,18,20H,1-6H2,(H3,15,16,17)/p+1.